The van der Waals surface area contributed by atoms with Gasteiger partial charge in [0, 0.05) is 11.1 Å². The Morgan fingerprint density at radius 1 is 1.24 bits per heavy atom. The molecule has 0 fully saturated rings. The second-order valence-corrected chi connectivity index (χ2v) is 5.19. The van der Waals surface area contributed by atoms with Gasteiger partial charge in [0.1, 0.15) is 15.4 Å². The smallest absolute Gasteiger partial charge is 0.268 e. The molecule has 86 valence electrons. The molecule has 0 unspecified atom stereocenters. The standard InChI is InChI=1S/C12H11N3OS/c1-5-4-6(2)13-12-8(5)9-10(17-12)11(16)15-7(3)14-9/h4H,1-3H3,(H,14,15,16). The lowest BCUT2D eigenvalue weighted by Crippen LogP contribution is -2.07. The van der Waals surface area contributed by atoms with Gasteiger partial charge in [-0.15, -0.1) is 11.3 Å². The average molecular weight is 245 g/mol. The summed E-state index contributed by atoms with van der Waals surface area (Å²) in [5, 5.41) is 1.00. The van der Waals surface area contributed by atoms with E-state index in [1.165, 1.54) is 11.3 Å². The van der Waals surface area contributed by atoms with E-state index in [9.17, 15) is 4.79 Å². The van der Waals surface area contributed by atoms with E-state index < -0.39 is 0 Å². The van der Waals surface area contributed by atoms with E-state index in [0.29, 0.717) is 10.5 Å². The van der Waals surface area contributed by atoms with Crippen molar-refractivity contribution >= 4 is 31.8 Å². The molecule has 0 spiro atoms. The lowest BCUT2D eigenvalue weighted by atomic mass is 10.1. The Kier molecular flexibility index (Phi) is 2.06. The van der Waals surface area contributed by atoms with Crippen molar-refractivity contribution < 1.29 is 0 Å². The van der Waals surface area contributed by atoms with Crippen LogP contribution in [0, 0.1) is 20.8 Å². The fourth-order valence-corrected chi connectivity index (χ4v) is 3.23. The summed E-state index contributed by atoms with van der Waals surface area (Å²) in [6.07, 6.45) is 0. The molecule has 3 aromatic rings. The Hall–Kier alpha value is -1.75. The van der Waals surface area contributed by atoms with Gasteiger partial charge >= 0.3 is 0 Å². The average Bonchev–Trinajstić information content (AvgIpc) is 2.56. The largest absolute Gasteiger partial charge is 0.310 e. The third-order valence-corrected chi connectivity index (χ3v) is 3.81. The number of thiophene rings is 1. The predicted molar refractivity (Wildman–Crippen MR) is 69.8 cm³/mol. The number of pyridine rings is 1. The molecule has 0 aliphatic heterocycles. The molecule has 5 heteroatoms. The minimum atomic E-state index is -0.0763. The van der Waals surface area contributed by atoms with Gasteiger partial charge in [-0.25, -0.2) is 9.97 Å². The van der Waals surface area contributed by atoms with Crippen LogP contribution in [-0.4, -0.2) is 15.0 Å². The zero-order valence-corrected chi connectivity index (χ0v) is 10.6. The minimum Gasteiger partial charge on any atom is -0.310 e. The van der Waals surface area contributed by atoms with Crippen LogP contribution in [0.25, 0.3) is 20.4 Å². The molecule has 0 saturated carbocycles. The van der Waals surface area contributed by atoms with Crippen LogP contribution < -0.4 is 5.56 Å². The van der Waals surface area contributed by atoms with Crippen LogP contribution in [0.5, 0.6) is 0 Å². The Morgan fingerprint density at radius 2 is 2.00 bits per heavy atom. The second kappa shape index (κ2) is 3.37. The monoisotopic (exact) mass is 245 g/mol. The number of H-pyrrole nitrogens is 1. The van der Waals surface area contributed by atoms with E-state index in [0.717, 1.165) is 27.0 Å². The first-order valence-electron chi connectivity index (χ1n) is 5.33. The summed E-state index contributed by atoms with van der Waals surface area (Å²) in [7, 11) is 0. The Labute approximate surface area is 101 Å². The summed E-state index contributed by atoms with van der Waals surface area (Å²) in [5.41, 5.74) is 2.79. The third kappa shape index (κ3) is 1.46. The topological polar surface area (TPSA) is 58.6 Å². The van der Waals surface area contributed by atoms with Crippen molar-refractivity contribution in [3.05, 3.63) is 33.5 Å². The maximum absolute atomic E-state index is 11.9. The molecule has 3 heterocycles. The predicted octanol–water partition coefficient (Wildman–Crippen LogP) is 2.46. The summed E-state index contributed by atoms with van der Waals surface area (Å²) in [6, 6.07) is 2.02. The zero-order valence-electron chi connectivity index (χ0n) is 9.79. The fraction of sp³-hybridized carbons (Fsp3) is 0.250. The molecule has 3 rings (SSSR count). The van der Waals surface area contributed by atoms with Crippen LogP contribution in [-0.2, 0) is 0 Å². The minimum absolute atomic E-state index is 0.0763. The summed E-state index contributed by atoms with van der Waals surface area (Å²) in [4.78, 5) is 24.4. The van der Waals surface area contributed by atoms with Crippen LogP contribution in [0.15, 0.2) is 10.9 Å². The summed E-state index contributed by atoms with van der Waals surface area (Å²) in [5.74, 6) is 0.641. The van der Waals surface area contributed by atoms with Gasteiger partial charge in [0.05, 0.1) is 5.52 Å². The lowest BCUT2D eigenvalue weighted by molar-refractivity contribution is 1.07. The number of hydrogen-bond acceptors (Lipinski definition) is 4. The number of aromatic amines is 1. The molecule has 0 amide bonds. The lowest BCUT2D eigenvalue weighted by Gasteiger charge is -1.98. The molecular formula is C12H11N3OS. The SMILES string of the molecule is Cc1cc(C)c2c(n1)sc1c(=O)[nH]c(C)nc12. The van der Waals surface area contributed by atoms with Gasteiger partial charge in [-0.1, -0.05) is 0 Å². The van der Waals surface area contributed by atoms with Crippen LogP contribution in [0.1, 0.15) is 17.1 Å². The number of fused-ring (bicyclic) bond motifs is 3. The highest BCUT2D eigenvalue weighted by molar-refractivity contribution is 7.25. The number of nitrogens with one attached hydrogen (secondary N) is 1. The maximum atomic E-state index is 11.9. The molecule has 0 bridgehead atoms. The van der Waals surface area contributed by atoms with Crippen molar-refractivity contribution in [2.24, 2.45) is 0 Å². The number of nitrogens with zero attached hydrogens (tertiary/aromatic N) is 2. The molecule has 4 nitrogen and oxygen atoms in total. The van der Waals surface area contributed by atoms with Crippen LogP contribution >= 0.6 is 11.3 Å². The molecule has 0 aromatic carbocycles. The van der Waals surface area contributed by atoms with E-state index in [2.05, 4.69) is 15.0 Å². The van der Waals surface area contributed by atoms with Crippen LogP contribution in [0.4, 0.5) is 0 Å². The molecule has 17 heavy (non-hydrogen) atoms. The van der Waals surface area contributed by atoms with E-state index >= 15 is 0 Å². The molecule has 0 aliphatic carbocycles. The van der Waals surface area contributed by atoms with Crippen molar-refractivity contribution in [1.29, 1.82) is 0 Å². The summed E-state index contributed by atoms with van der Waals surface area (Å²) < 4.78 is 0.659. The van der Waals surface area contributed by atoms with Crippen LogP contribution in [0.2, 0.25) is 0 Å². The van der Waals surface area contributed by atoms with Crippen LogP contribution in [0.3, 0.4) is 0 Å². The number of aryl methyl sites for hydroxylation is 3. The molecule has 0 radical (unpaired) electrons. The first kappa shape index (κ1) is 10.4. The van der Waals surface area contributed by atoms with E-state index in [1.807, 2.05) is 19.9 Å². The quantitative estimate of drug-likeness (QED) is 0.662. The van der Waals surface area contributed by atoms with Crippen molar-refractivity contribution in [3.8, 4) is 0 Å². The second-order valence-electron chi connectivity index (χ2n) is 4.19. The maximum Gasteiger partial charge on any atom is 0.268 e. The first-order chi connectivity index (χ1) is 8.06. The van der Waals surface area contributed by atoms with Gasteiger partial charge in [-0.2, -0.15) is 0 Å². The molecule has 0 aliphatic rings. The molecular weight excluding hydrogens is 234 g/mol. The van der Waals surface area contributed by atoms with Gasteiger partial charge in [0.25, 0.3) is 5.56 Å². The zero-order chi connectivity index (χ0) is 12.2. The Morgan fingerprint density at radius 3 is 2.76 bits per heavy atom. The normalized spacial score (nSPS) is 11.5. The van der Waals surface area contributed by atoms with Crippen molar-refractivity contribution in [2.75, 3.05) is 0 Å². The summed E-state index contributed by atoms with van der Waals surface area (Å²) >= 11 is 1.41. The van der Waals surface area contributed by atoms with Gasteiger partial charge in [-0.3, -0.25) is 4.79 Å². The number of aromatic nitrogens is 3. The summed E-state index contributed by atoms with van der Waals surface area (Å²) in [6.45, 7) is 5.78. The number of rotatable bonds is 0. The van der Waals surface area contributed by atoms with Crippen molar-refractivity contribution in [1.82, 2.24) is 15.0 Å². The van der Waals surface area contributed by atoms with E-state index in [-0.39, 0.29) is 5.56 Å². The molecule has 3 aromatic heterocycles. The highest BCUT2D eigenvalue weighted by Gasteiger charge is 2.13. The van der Waals surface area contributed by atoms with Gasteiger partial charge in [-0.05, 0) is 32.4 Å². The van der Waals surface area contributed by atoms with Gasteiger partial charge in [0.2, 0.25) is 0 Å². The molecule has 0 atom stereocenters. The van der Waals surface area contributed by atoms with E-state index in [4.69, 9.17) is 0 Å². The Bertz CT molecular complexity index is 801. The molecule has 1 N–H and O–H groups in total. The third-order valence-electron chi connectivity index (χ3n) is 2.74. The van der Waals surface area contributed by atoms with Crippen molar-refractivity contribution in [2.45, 2.75) is 20.8 Å². The first-order valence-corrected chi connectivity index (χ1v) is 6.15. The molecule has 0 saturated heterocycles. The number of hydrogen-bond donors (Lipinski definition) is 1. The highest BCUT2D eigenvalue weighted by atomic mass is 32.1. The van der Waals surface area contributed by atoms with Gasteiger partial charge in [0.15, 0.2) is 0 Å². The Balaban J connectivity index is 2.65. The van der Waals surface area contributed by atoms with Gasteiger partial charge < -0.3 is 4.98 Å². The highest BCUT2D eigenvalue weighted by Crippen LogP contribution is 2.31. The fourth-order valence-electron chi connectivity index (χ4n) is 2.10. The van der Waals surface area contributed by atoms with Crippen molar-refractivity contribution in [3.63, 3.8) is 0 Å². The van der Waals surface area contributed by atoms with E-state index in [1.54, 1.807) is 6.92 Å².